The number of carboxylic acids is 1. The van der Waals surface area contributed by atoms with Crippen molar-refractivity contribution in [1.29, 1.82) is 0 Å². The Morgan fingerprint density at radius 2 is 1.86 bits per heavy atom. The molecule has 2 unspecified atom stereocenters. The van der Waals surface area contributed by atoms with E-state index >= 15 is 0 Å². The van der Waals surface area contributed by atoms with E-state index in [9.17, 15) is 9.59 Å². The highest BCUT2D eigenvalue weighted by molar-refractivity contribution is 5.74. The van der Waals surface area contributed by atoms with Gasteiger partial charge in [0.1, 0.15) is 0 Å². The number of benzene rings is 1. The number of nitrogens with one attached hydrogen (secondary N) is 2. The molecule has 2 atom stereocenters. The Morgan fingerprint density at radius 3 is 2.59 bits per heavy atom. The average molecular weight is 304 g/mol. The fourth-order valence-corrected chi connectivity index (χ4v) is 3.06. The number of carboxylic acid groups (broad SMARTS) is 1. The van der Waals surface area contributed by atoms with Gasteiger partial charge in [0.2, 0.25) is 0 Å². The van der Waals surface area contributed by atoms with Crippen molar-refractivity contribution < 1.29 is 14.7 Å². The van der Waals surface area contributed by atoms with Crippen LogP contribution < -0.4 is 10.6 Å². The first-order valence-electron chi connectivity index (χ1n) is 7.98. The second-order valence-corrected chi connectivity index (χ2v) is 5.81. The van der Waals surface area contributed by atoms with Gasteiger partial charge in [-0.1, -0.05) is 43.2 Å². The minimum absolute atomic E-state index is 0.0797. The lowest BCUT2D eigenvalue weighted by Gasteiger charge is -2.32. The summed E-state index contributed by atoms with van der Waals surface area (Å²) in [5.41, 5.74) is 1.28. The fourth-order valence-electron chi connectivity index (χ4n) is 3.06. The SMILES string of the molecule is O=C(O)CCCNC(=O)NC1CCCCC1c1ccccc1. The van der Waals surface area contributed by atoms with Gasteiger partial charge in [-0.2, -0.15) is 0 Å². The second kappa shape index (κ2) is 8.41. The summed E-state index contributed by atoms with van der Waals surface area (Å²) in [6.07, 6.45) is 4.94. The summed E-state index contributed by atoms with van der Waals surface area (Å²) in [5, 5.41) is 14.4. The molecule has 5 nitrogen and oxygen atoms in total. The van der Waals surface area contributed by atoms with Gasteiger partial charge in [0, 0.05) is 24.9 Å². The third-order valence-corrected chi connectivity index (χ3v) is 4.16. The maximum Gasteiger partial charge on any atom is 0.315 e. The Hall–Kier alpha value is -2.04. The minimum atomic E-state index is -0.835. The zero-order chi connectivity index (χ0) is 15.8. The van der Waals surface area contributed by atoms with Crippen LogP contribution in [-0.4, -0.2) is 29.7 Å². The molecular formula is C17H24N2O3. The molecule has 1 fully saturated rings. The molecule has 22 heavy (non-hydrogen) atoms. The molecule has 0 aromatic heterocycles. The third kappa shape index (κ3) is 5.06. The molecule has 120 valence electrons. The molecule has 0 bridgehead atoms. The Kier molecular flexibility index (Phi) is 6.25. The zero-order valence-electron chi connectivity index (χ0n) is 12.8. The predicted octanol–water partition coefficient (Wildman–Crippen LogP) is 2.88. The molecule has 0 aliphatic heterocycles. The number of amides is 2. The van der Waals surface area contributed by atoms with Crippen molar-refractivity contribution in [2.24, 2.45) is 0 Å². The highest BCUT2D eigenvalue weighted by Crippen LogP contribution is 2.32. The van der Waals surface area contributed by atoms with Crippen LogP contribution >= 0.6 is 0 Å². The number of urea groups is 1. The number of rotatable bonds is 6. The summed E-state index contributed by atoms with van der Waals surface area (Å²) >= 11 is 0. The van der Waals surface area contributed by atoms with Crippen LogP contribution in [0.3, 0.4) is 0 Å². The van der Waals surface area contributed by atoms with Gasteiger partial charge in [-0.3, -0.25) is 4.79 Å². The smallest absolute Gasteiger partial charge is 0.315 e. The highest BCUT2D eigenvalue weighted by atomic mass is 16.4. The van der Waals surface area contributed by atoms with Crippen LogP contribution in [0.15, 0.2) is 30.3 Å². The summed E-state index contributed by atoms with van der Waals surface area (Å²) < 4.78 is 0. The van der Waals surface area contributed by atoms with Crippen LogP contribution in [0, 0.1) is 0 Å². The van der Waals surface area contributed by atoms with Gasteiger partial charge in [0.25, 0.3) is 0 Å². The number of carbonyl (C=O) groups excluding carboxylic acids is 1. The molecule has 0 spiro atoms. The quantitative estimate of drug-likeness (QED) is 0.707. The van der Waals surface area contributed by atoms with E-state index in [1.54, 1.807) is 0 Å². The number of hydrogen-bond donors (Lipinski definition) is 3. The number of aliphatic carboxylic acids is 1. The van der Waals surface area contributed by atoms with Crippen molar-refractivity contribution in [3.8, 4) is 0 Å². The molecule has 2 amide bonds. The largest absolute Gasteiger partial charge is 0.481 e. The fraction of sp³-hybridized carbons (Fsp3) is 0.529. The van der Waals surface area contributed by atoms with Crippen LogP contribution in [0.25, 0.3) is 0 Å². The van der Waals surface area contributed by atoms with Crippen molar-refractivity contribution in [3.05, 3.63) is 35.9 Å². The Morgan fingerprint density at radius 1 is 1.14 bits per heavy atom. The molecule has 1 aliphatic carbocycles. The van der Waals surface area contributed by atoms with Gasteiger partial charge in [0.05, 0.1) is 0 Å². The normalized spacial score (nSPS) is 21.1. The molecular weight excluding hydrogens is 280 g/mol. The maximum absolute atomic E-state index is 12.0. The van der Waals surface area contributed by atoms with Gasteiger partial charge in [-0.05, 0) is 24.8 Å². The monoisotopic (exact) mass is 304 g/mol. The molecule has 3 N–H and O–H groups in total. The van der Waals surface area contributed by atoms with Crippen LogP contribution in [-0.2, 0) is 4.79 Å². The predicted molar refractivity (Wildman–Crippen MR) is 84.8 cm³/mol. The molecule has 1 aromatic carbocycles. The van der Waals surface area contributed by atoms with Crippen LogP contribution in [0.4, 0.5) is 4.79 Å². The Balaban J connectivity index is 1.83. The Labute approximate surface area is 131 Å². The first kappa shape index (κ1) is 16.3. The number of carbonyl (C=O) groups is 2. The third-order valence-electron chi connectivity index (χ3n) is 4.16. The van der Waals surface area contributed by atoms with Gasteiger partial charge < -0.3 is 15.7 Å². The van der Waals surface area contributed by atoms with Gasteiger partial charge in [-0.15, -0.1) is 0 Å². The van der Waals surface area contributed by atoms with E-state index < -0.39 is 5.97 Å². The number of hydrogen-bond acceptors (Lipinski definition) is 2. The topological polar surface area (TPSA) is 78.4 Å². The van der Waals surface area contributed by atoms with Crippen LogP contribution in [0.1, 0.15) is 50.0 Å². The molecule has 1 saturated carbocycles. The lowest BCUT2D eigenvalue weighted by atomic mass is 9.80. The first-order valence-corrected chi connectivity index (χ1v) is 7.98. The van der Waals surface area contributed by atoms with E-state index in [-0.39, 0.29) is 18.5 Å². The van der Waals surface area contributed by atoms with Crippen molar-refractivity contribution in [3.63, 3.8) is 0 Å². The lowest BCUT2D eigenvalue weighted by Crippen LogP contribution is -2.46. The summed E-state index contributed by atoms with van der Waals surface area (Å²) in [6.45, 7) is 0.390. The van der Waals surface area contributed by atoms with Crippen molar-refractivity contribution in [1.82, 2.24) is 10.6 Å². The minimum Gasteiger partial charge on any atom is -0.481 e. The summed E-state index contributed by atoms with van der Waals surface area (Å²) in [7, 11) is 0. The van der Waals surface area contributed by atoms with E-state index in [0.29, 0.717) is 18.9 Å². The van der Waals surface area contributed by atoms with Gasteiger partial charge >= 0.3 is 12.0 Å². The average Bonchev–Trinajstić information content (AvgIpc) is 2.53. The van der Waals surface area contributed by atoms with E-state index in [1.807, 2.05) is 18.2 Å². The highest BCUT2D eigenvalue weighted by Gasteiger charge is 2.27. The standard InChI is InChI=1S/C17H24N2O3/c20-16(21)11-6-12-18-17(22)19-15-10-5-4-9-14(15)13-7-2-1-3-8-13/h1-3,7-8,14-15H,4-6,9-12H2,(H,20,21)(H2,18,19,22). The first-order chi connectivity index (χ1) is 10.7. The zero-order valence-corrected chi connectivity index (χ0v) is 12.8. The van der Waals surface area contributed by atoms with Crippen LogP contribution in [0.2, 0.25) is 0 Å². The molecule has 0 radical (unpaired) electrons. The Bertz CT molecular complexity index is 490. The summed E-state index contributed by atoms with van der Waals surface area (Å²) in [4.78, 5) is 22.4. The van der Waals surface area contributed by atoms with E-state index in [2.05, 4.69) is 22.8 Å². The van der Waals surface area contributed by atoms with Gasteiger partial charge in [-0.25, -0.2) is 4.79 Å². The van der Waals surface area contributed by atoms with E-state index in [1.165, 1.54) is 12.0 Å². The lowest BCUT2D eigenvalue weighted by molar-refractivity contribution is -0.137. The summed E-state index contributed by atoms with van der Waals surface area (Å²) in [5.74, 6) is -0.474. The molecule has 0 heterocycles. The molecule has 0 saturated heterocycles. The van der Waals surface area contributed by atoms with E-state index in [4.69, 9.17) is 5.11 Å². The molecule has 1 aliphatic rings. The van der Waals surface area contributed by atoms with Crippen LogP contribution in [0.5, 0.6) is 0 Å². The van der Waals surface area contributed by atoms with E-state index in [0.717, 1.165) is 19.3 Å². The summed E-state index contributed by atoms with van der Waals surface area (Å²) in [6, 6.07) is 10.3. The van der Waals surface area contributed by atoms with Crippen molar-refractivity contribution >= 4 is 12.0 Å². The molecule has 5 heteroatoms. The second-order valence-electron chi connectivity index (χ2n) is 5.81. The maximum atomic E-state index is 12.0. The molecule has 1 aromatic rings. The van der Waals surface area contributed by atoms with Crippen molar-refractivity contribution in [2.75, 3.05) is 6.54 Å². The van der Waals surface area contributed by atoms with Gasteiger partial charge in [0.15, 0.2) is 0 Å². The van der Waals surface area contributed by atoms with Crippen molar-refractivity contribution in [2.45, 2.75) is 50.5 Å². The molecule has 2 rings (SSSR count).